The standard InChI is InChI=1S/C42H35N3O6/c1-24-12-14-28(15-13-24)43-45-39(48)34-22-33-31(17-18-32-36(33)40(49)44(38(32)47)29-10-6-3-7-11-29)37(42(34,41(45)50)27-8-4-2-5-9-27)26-20-25-21-30(46)16-19-35(25)51-23-26/h2-17,19,21,23,32-34,36-37,43,46H,18,20,22H2,1H3. The lowest BCUT2D eigenvalue weighted by atomic mass is 9.48. The Labute approximate surface area is 294 Å². The van der Waals surface area contributed by atoms with Gasteiger partial charge in [0, 0.05) is 17.9 Å². The molecule has 6 unspecified atom stereocenters. The third-order valence-corrected chi connectivity index (χ3v) is 11.6. The molecule has 1 saturated carbocycles. The molecule has 2 N–H and O–H groups in total. The normalized spacial score (nSPS) is 27.9. The number of hydrogen-bond acceptors (Lipinski definition) is 7. The van der Waals surface area contributed by atoms with E-state index in [1.54, 1.807) is 48.7 Å². The molecule has 9 nitrogen and oxygen atoms in total. The van der Waals surface area contributed by atoms with Crippen molar-refractivity contribution in [3.8, 4) is 11.5 Å². The molecule has 3 fully saturated rings. The minimum atomic E-state index is -1.39. The van der Waals surface area contributed by atoms with Crippen molar-refractivity contribution in [3.63, 3.8) is 0 Å². The van der Waals surface area contributed by atoms with Crippen LogP contribution in [0.25, 0.3) is 0 Å². The average Bonchev–Trinajstić information content (AvgIpc) is 3.53. The van der Waals surface area contributed by atoms with Crippen molar-refractivity contribution in [1.82, 2.24) is 5.01 Å². The summed E-state index contributed by atoms with van der Waals surface area (Å²) in [5.74, 6) is -3.93. The molecule has 0 spiro atoms. The molecule has 2 aliphatic carbocycles. The number of hydrazine groups is 1. The molecule has 0 radical (unpaired) electrons. The Balaban J connectivity index is 1.23. The van der Waals surface area contributed by atoms with Crippen molar-refractivity contribution in [1.29, 1.82) is 0 Å². The van der Waals surface area contributed by atoms with E-state index in [0.717, 1.165) is 27.3 Å². The zero-order valence-corrected chi connectivity index (χ0v) is 27.9. The predicted octanol–water partition coefficient (Wildman–Crippen LogP) is 6.24. The van der Waals surface area contributed by atoms with Crippen molar-refractivity contribution in [2.45, 2.75) is 31.6 Å². The van der Waals surface area contributed by atoms with Crippen molar-refractivity contribution >= 4 is 35.0 Å². The summed E-state index contributed by atoms with van der Waals surface area (Å²) < 4.78 is 6.19. The van der Waals surface area contributed by atoms with Gasteiger partial charge in [-0.15, -0.1) is 0 Å². The maximum Gasteiger partial charge on any atom is 0.260 e. The smallest absolute Gasteiger partial charge is 0.260 e. The molecule has 6 atom stereocenters. The number of nitrogens with one attached hydrogen (secondary N) is 1. The van der Waals surface area contributed by atoms with Gasteiger partial charge >= 0.3 is 0 Å². The Morgan fingerprint density at radius 1 is 0.824 bits per heavy atom. The van der Waals surface area contributed by atoms with Crippen LogP contribution in [-0.2, 0) is 31.0 Å². The number of rotatable bonds is 5. The molecule has 9 rings (SSSR count). The Morgan fingerprint density at radius 3 is 2.29 bits per heavy atom. The highest BCUT2D eigenvalue weighted by atomic mass is 16.5. The SMILES string of the molecule is Cc1ccc(NN2C(=O)C3CC4C(=CCC5C(=O)N(c6ccccc6)C(=O)C54)C(C4=COc5ccc(O)cc5C4)C3(c3ccccc3)C2=O)cc1. The van der Waals surface area contributed by atoms with Gasteiger partial charge in [0.1, 0.15) is 11.5 Å². The molecule has 4 aromatic carbocycles. The number of para-hydroxylation sites is 1. The summed E-state index contributed by atoms with van der Waals surface area (Å²) >= 11 is 0. The van der Waals surface area contributed by atoms with E-state index in [4.69, 9.17) is 4.74 Å². The number of hydrogen-bond donors (Lipinski definition) is 2. The summed E-state index contributed by atoms with van der Waals surface area (Å²) in [6.45, 7) is 1.97. The van der Waals surface area contributed by atoms with Crippen LogP contribution in [0.4, 0.5) is 11.4 Å². The molecular formula is C42H35N3O6. The second-order valence-electron chi connectivity index (χ2n) is 14.2. The number of phenols is 1. The van der Waals surface area contributed by atoms with Gasteiger partial charge in [-0.25, -0.2) is 0 Å². The van der Waals surface area contributed by atoms with E-state index in [2.05, 4.69) is 5.43 Å². The zero-order chi connectivity index (χ0) is 35.0. The minimum Gasteiger partial charge on any atom is -0.508 e. The number of imide groups is 2. The van der Waals surface area contributed by atoms with Crippen molar-refractivity contribution in [2.24, 2.45) is 29.6 Å². The average molecular weight is 678 g/mol. The van der Waals surface area contributed by atoms with E-state index in [0.29, 0.717) is 35.5 Å². The first-order valence-corrected chi connectivity index (χ1v) is 17.3. The molecule has 9 heteroatoms. The first-order valence-electron chi connectivity index (χ1n) is 17.3. The number of amides is 4. The predicted molar refractivity (Wildman–Crippen MR) is 189 cm³/mol. The second-order valence-corrected chi connectivity index (χ2v) is 14.2. The summed E-state index contributed by atoms with van der Waals surface area (Å²) in [6.07, 6.45) is 4.61. The molecule has 51 heavy (non-hydrogen) atoms. The maximum absolute atomic E-state index is 15.3. The molecule has 0 bridgehead atoms. The summed E-state index contributed by atoms with van der Waals surface area (Å²) in [7, 11) is 0. The summed E-state index contributed by atoms with van der Waals surface area (Å²) in [4.78, 5) is 59.9. The number of benzene rings is 4. The van der Waals surface area contributed by atoms with Crippen LogP contribution in [-0.4, -0.2) is 33.7 Å². The molecule has 254 valence electrons. The Kier molecular flexibility index (Phi) is 7.03. The lowest BCUT2D eigenvalue weighted by Crippen LogP contribution is -2.55. The van der Waals surface area contributed by atoms with Gasteiger partial charge in [-0.2, -0.15) is 5.01 Å². The zero-order valence-electron chi connectivity index (χ0n) is 27.9. The van der Waals surface area contributed by atoms with Crippen molar-refractivity contribution < 1.29 is 29.0 Å². The number of carbonyl (C=O) groups is 4. The number of phenolic OH excluding ortho intramolecular Hbond substituents is 1. The quantitative estimate of drug-likeness (QED) is 0.190. The Morgan fingerprint density at radius 2 is 1.55 bits per heavy atom. The largest absolute Gasteiger partial charge is 0.508 e. The molecule has 4 amide bonds. The van der Waals surface area contributed by atoms with Crippen LogP contribution in [0.2, 0.25) is 0 Å². The summed E-state index contributed by atoms with van der Waals surface area (Å²) in [5, 5.41) is 11.6. The molecule has 4 aromatic rings. The van der Waals surface area contributed by atoms with Gasteiger partial charge in [0.15, 0.2) is 0 Å². The Bertz CT molecular complexity index is 2180. The monoisotopic (exact) mass is 677 g/mol. The van der Waals surface area contributed by atoms with E-state index in [1.165, 1.54) is 4.90 Å². The lowest BCUT2D eigenvalue weighted by molar-refractivity contribution is -0.139. The molecule has 3 aliphatic heterocycles. The van der Waals surface area contributed by atoms with Gasteiger partial charge in [-0.05, 0) is 79.3 Å². The molecule has 3 heterocycles. The van der Waals surface area contributed by atoms with Crippen LogP contribution in [0.5, 0.6) is 11.5 Å². The van der Waals surface area contributed by atoms with Crippen LogP contribution < -0.4 is 15.1 Å². The summed E-state index contributed by atoms with van der Waals surface area (Å²) in [6, 6.07) is 30.8. The fourth-order valence-electron chi connectivity index (χ4n) is 9.39. The van der Waals surface area contributed by atoms with Gasteiger partial charge in [-0.1, -0.05) is 77.9 Å². The van der Waals surface area contributed by atoms with Crippen LogP contribution in [0.3, 0.4) is 0 Å². The second kappa shape index (κ2) is 11.6. The van der Waals surface area contributed by atoms with Crippen molar-refractivity contribution in [2.75, 3.05) is 10.3 Å². The molecule has 5 aliphatic rings. The highest BCUT2D eigenvalue weighted by Gasteiger charge is 2.70. The number of ether oxygens (including phenoxy) is 1. The third kappa shape index (κ3) is 4.53. The van der Waals surface area contributed by atoms with Crippen LogP contribution in [0, 0.1) is 36.5 Å². The number of aryl methyl sites for hydroxylation is 1. The van der Waals surface area contributed by atoms with E-state index in [-0.39, 0.29) is 29.9 Å². The number of anilines is 2. The minimum absolute atomic E-state index is 0.0900. The van der Waals surface area contributed by atoms with Gasteiger partial charge in [-0.3, -0.25) is 29.5 Å². The van der Waals surface area contributed by atoms with Crippen LogP contribution in [0.15, 0.2) is 127 Å². The number of fused-ring (bicyclic) bond motifs is 5. The van der Waals surface area contributed by atoms with Gasteiger partial charge < -0.3 is 9.84 Å². The first kappa shape index (κ1) is 31.1. The number of carbonyl (C=O) groups excluding carboxylic acids is 4. The van der Waals surface area contributed by atoms with E-state index >= 15 is 4.79 Å². The molecule has 0 aromatic heterocycles. The van der Waals surface area contributed by atoms with E-state index < -0.39 is 40.9 Å². The fourth-order valence-corrected chi connectivity index (χ4v) is 9.39. The lowest BCUT2D eigenvalue weighted by Gasteiger charge is -2.51. The molecular weight excluding hydrogens is 642 g/mol. The third-order valence-electron chi connectivity index (χ3n) is 11.6. The first-order chi connectivity index (χ1) is 24.8. The highest BCUT2D eigenvalue weighted by Crippen LogP contribution is 2.63. The van der Waals surface area contributed by atoms with Gasteiger partial charge in [0.05, 0.1) is 40.8 Å². The summed E-state index contributed by atoms with van der Waals surface area (Å²) in [5.41, 5.74) is 6.96. The highest BCUT2D eigenvalue weighted by molar-refractivity contribution is 6.22. The number of aromatic hydroxyl groups is 1. The van der Waals surface area contributed by atoms with Crippen LogP contribution >= 0.6 is 0 Å². The molecule has 2 saturated heterocycles. The van der Waals surface area contributed by atoms with Gasteiger partial charge in [0.2, 0.25) is 11.8 Å². The fraction of sp³-hybridized carbons (Fsp3) is 0.238. The Hall–Kier alpha value is -5.96. The van der Waals surface area contributed by atoms with Crippen molar-refractivity contribution in [3.05, 3.63) is 143 Å². The maximum atomic E-state index is 15.3. The topological polar surface area (TPSA) is 116 Å². The van der Waals surface area contributed by atoms with Gasteiger partial charge in [0.25, 0.3) is 11.8 Å². The number of allylic oxidation sites excluding steroid dienone is 3. The van der Waals surface area contributed by atoms with Crippen LogP contribution in [0.1, 0.15) is 29.5 Å². The van der Waals surface area contributed by atoms with E-state index in [9.17, 15) is 19.5 Å². The number of nitrogens with zero attached hydrogens (tertiary/aromatic N) is 2. The van der Waals surface area contributed by atoms with E-state index in [1.807, 2.05) is 73.7 Å².